The second-order valence-electron chi connectivity index (χ2n) is 7.29. The first-order chi connectivity index (χ1) is 15.8. The Hall–Kier alpha value is -3.62. The lowest BCUT2D eigenvalue weighted by molar-refractivity contribution is -0.133. The molecule has 166 valence electrons. The number of halogens is 2. The van der Waals surface area contributed by atoms with Gasteiger partial charge < -0.3 is 10.6 Å². The quantitative estimate of drug-likeness (QED) is 0.315. The van der Waals surface area contributed by atoms with Crippen LogP contribution in [-0.4, -0.2) is 22.4 Å². The lowest BCUT2D eigenvalue weighted by Gasteiger charge is -2.13. The highest BCUT2D eigenvalue weighted by atomic mass is 79.9. The van der Waals surface area contributed by atoms with Gasteiger partial charge in [-0.25, -0.2) is 4.68 Å². The van der Waals surface area contributed by atoms with E-state index in [0.717, 1.165) is 10.0 Å². The molecule has 0 radical (unpaired) electrons. The van der Waals surface area contributed by atoms with Crippen molar-refractivity contribution in [1.29, 1.82) is 0 Å². The van der Waals surface area contributed by atoms with E-state index in [4.69, 9.17) is 11.6 Å². The van der Waals surface area contributed by atoms with Crippen LogP contribution in [0.1, 0.15) is 16.1 Å². The first-order valence-corrected chi connectivity index (χ1v) is 11.0. The monoisotopic (exact) mass is 524 g/mol. The molecule has 3 amide bonds. The Kier molecular flexibility index (Phi) is 6.48. The van der Waals surface area contributed by atoms with E-state index in [1.54, 1.807) is 60.7 Å². The number of nitrogens with zero attached hydrogens (tertiary/aromatic N) is 1. The molecule has 0 saturated carbocycles. The Balaban J connectivity index is 1.61. The topological polar surface area (TPSA) is 92.2 Å². The molecular formula is C24H18BrClN4O3. The second kappa shape index (κ2) is 9.48. The fourth-order valence-corrected chi connectivity index (χ4v) is 3.62. The van der Waals surface area contributed by atoms with Gasteiger partial charge in [0.1, 0.15) is 5.69 Å². The molecule has 0 aliphatic rings. The number of carbonyl (C=O) groups is 3. The lowest BCUT2D eigenvalue weighted by atomic mass is 10.2. The number of rotatable bonds is 4. The standard InChI is InChI=1S/C24H18BrClN4O3/c1-14-2-7-18(8-3-14)28-23(32)24(33)29-30-20-11-6-17(26)12-15(20)13-21(30)22(31)27-19-9-4-16(25)5-10-19/h2-13H,1H3,(H,27,31)(H,28,32)(H,29,33). The van der Waals surface area contributed by atoms with Crippen molar-refractivity contribution >= 4 is 67.5 Å². The molecule has 4 aromatic rings. The highest BCUT2D eigenvalue weighted by Crippen LogP contribution is 2.24. The van der Waals surface area contributed by atoms with Crippen molar-refractivity contribution in [3.63, 3.8) is 0 Å². The molecule has 0 saturated heterocycles. The maximum Gasteiger partial charge on any atom is 0.328 e. The van der Waals surface area contributed by atoms with E-state index in [1.807, 2.05) is 19.1 Å². The summed E-state index contributed by atoms with van der Waals surface area (Å²) in [6.07, 6.45) is 0. The predicted molar refractivity (Wildman–Crippen MR) is 133 cm³/mol. The summed E-state index contributed by atoms with van der Waals surface area (Å²) in [6.45, 7) is 1.92. The zero-order valence-corrected chi connectivity index (χ0v) is 19.7. The maximum absolute atomic E-state index is 13.0. The van der Waals surface area contributed by atoms with Gasteiger partial charge in [-0.3, -0.25) is 19.8 Å². The molecule has 33 heavy (non-hydrogen) atoms. The smallest absolute Gasteiger partial charge is 0.321 e. The average Bonchev–Trinajstić information content (AvgIpc) is 3.14. The molecule has 0 aliphatic carbocycles. The zero-order valence-electron chi connectivity index (χ0n) is 17.4. The molecule has 3 aromatic carbocycles. The van der Waals surface area contributed by atoms with Crippen LogP contribution in [0.5, 0.6) is 0 Å². The number of aromatic nitrogens is 1. The molecule has 0 bridgehead atoms. The minimum Gasteiger partial charge on any atom is -0.321 e. The fraction of sp³-hybridized carbons (Fsp3) is 0.0417. The third kappa shape index (κ3) is 5.24. The van der Waals surface area contributed by atoms with Crippen LogP contribution in [0.3, 0.4) is 0 Å². The first kappa shape index (κ1) is 22.6. The van der Waals surface area contributed by atoms with Crippen molar-refractivity contribution < 1.29 is 14.4 Å². The summed E-state index contributed by atoms with van der Waals surface area (Å²) in [4.78, 5) is 38.1. The molecule has 1 aromatic heterocycles. The molecule has 0 unspecified atom stereocenters. The number of carbonyl (C=O) groups excluding carboxylic acids is 3. The number of fused-ring (bicyclic) bond motifs is 1. The number of hydrogen-bond acceptors (Lipinski definition) is 3. The van der Waals surface area contributed by atoms with Gasteiger partial charge in [-0.2, -0.15) is 0 Å². The second-order valence-corrected chi connectivity index (χ2v) is 8.64. The summed E-state index contributed by atoms with van der Waals surface area (Å²) in [6, 6.07) is 20.7. The number of anilines is 2. The number of hydrogen-bond donors (Lipinski definition) is 3. The Morgan fingerprint density at radius 3 is 2.15 bits per heavy atom. The molecule has 9 heteroatoms. The Bertz CT molecular complexity index is 1370. The summed E-state index contributed by atoms with van der Waals surface area (Å²) in [5, 5.41) is 6.43. The first-order valence-electron chi connectivity index (χ1n) is 9.87. The average molecular weight is 526 g/mol. The SMILES string of the molecule is Cc1ccc(NC(=O)C(=O)Nn2c(C(=O)Nc3ccc(Br)cc3)cc3cc(Cl)ccc32)cc1. The van der Waals surface area contributed by atoms with Gasteiger partial charge in [-0.1, -0.05) is 45.2 Å². The van der Waals surface area contributed by atoms with Crippen LogP contribution in [0.25, 0.3) is 10.9 Å². The van der Waals surface area contributed by atoms with Crippen LogP contribution in [0.4, 0.5) is 11.4 Å². The number of benzene rings is 3. The van der Waals surface area contributed by atoms with Crippen LogP contribution in [0.15, 0.2) is 77.3 Å². The maximum atomic E-state index is 13.0. The van der Waals surface area contributed by atoms with E-state index in [0.29, 0.717) is 27.3 Å². The molecule has 0 spiro atoms. The van der Waals surface area contributed by atoms with Crippen molar-refractivity contribution in [3.8, 4) is 0 Å². The highest BCUT2D eigenvalue weighted by Gasteiger charge is 2.21. The van der Waals surface area contributed by atoms with Gasteiger partial charge in [0.15, 0.2) is 0 Å². The van der Waals surface area contributed by atoms with Crippen molar-refractivity contribution in [2.75, 3.05) is 16.1 Å². The van der Waals surface area contributed by atoms with E-state index in [-0.39, 0.29) is 5.69 Å². The summed E-state index contributed by atoms with van der Waals surface area (Å²) >= 11 is 9.45. The zero-order chi connectivity index (χ0) is 23.5. The molecule has 3 N–H and O–H groups in total. The molecular weight excluding hydrogens is 508 g/mol. The third-order valence-corrected chi connectivity index (χ3v) is 5.59. The molecule has 0 aliphatic heterocycles. The minimum absolute atomic E-state index is 0.131. The van der Waals surface area contributed by atoms with Crippen LogP contribution in [0, 0.1) is 6.92 Å². The number of aryl methyl sites for hydroxylation is 1. The van der Waals surface area contributed by atoms with Crippen LogP contribution < -0.4 is 16.1 Å². The van der Waals surface area contributed by atoms with Gasteiger partial charge >= 0.3 is 11.8 Å². The van der Waals surface area contributed by atoms with E-state index in [9.17, 15) is 14.4 Å². The van der Waals surface area contributed by atoms with Gasteiger partial charge in [0.05, 0.1) is 5.52 Å². The number of amides is 3. The van der Waals surface area contributed by atoms with Gasteiger partial charge in [0, 0.05) is 26.3 Å². The van der Waals surface area contributed by atoms with Gasteiger partial charge in [0.25, 0.3) is 5.91 Å². The molecule has 7 nitrogen and oxygen atoms in total. The van der Waals surface area contributed by atoms with Crippen molar-refractivity contribution in [2.24, 2.45) is 0 Å². The number of nitrogens with one attached hydrogen (secondary N) is 3. The Morgan fingerprint density at radius 1 is 0.818 bits per heavy atom. The van der Waals surface area contributed by atoms with Crippen LogP contribution >= 0.6 is 27.5 Å². The fourth-order valence-electron chi connectivity index (χ4n) is 3.18. The van der Waals surface area contributed by atoms with Gasteiger partial charge in [-0.15, -0.1) is 0 Å². The summed E-state index contributed by atoms with van der Waals surface area (Å²) < 4.78 is 2.15. The predicted octanol–water partition coefficient (Wildman–Crippen LogP) is 5.33. The largest absolute Gasteiger partial charge is 0.328 e. The normalized spacial score (nSPS) is 10.6. The van der Waals surface area contributed by atoms with Crippen molar-refractivity contribution in [2.45, 2.75) is 6.92 Å². The Morgan fingerprint density at radius 2 is 1.45 bits per heavy atom. The highest BCUT2D eigenvalue weighted by molar-refractivity contribution is 9.10. The van der Waals surface area contributed by atoms with E-state index in [2.05, 4.69) is 32.0 Å². The Labute approximate surface area is 202 Å². The van der Waals surface area contributed by atoms with Crippen LogP contribution in [0.2, 0.25) is 5.02 Å². The van der Waals surface area contributed by atoms with E-state index >= 15 is 0 Å². The van der Waals surface area contributed by atoms with Crippen LogP contribution in [-0.2, 0) is 9.59 Å². The van der Waals surface area contributed by atoms with E-state index in [1.165, 1.54) is 4.68 Å². The summed E-state index contributed by atoms with van der Waals surface area (Å²) in [7, 11) is 0. The third-order valence-electron chi connectivity index (χ3n) is 4.83. The lowest BCUT2D eigenvalue weighted by Crippen LogP contribution is -2.36. The van der Waals surface area contributed by atoms with Gasteiger partial charge in [-0.05, 0) is 67.6 Å². The summed E-state index contributed by atoms with van der Waals surface area (Å²) in [5.41, 5.74) is 5.24. The molecule has 0 fully saturated rings. The van der Waals surface area contributed by atoms with Gasteiger partial charge in [0.2, 0.25) is 0 Å². The molecule has 4 rings (SSSR count). The molecule has 1 heterocycles. The summed E-state index contributed by atoms with van der Waals surface area (Å²) in [5.74, 6) is -2.27. The van der Waals surface area contributed by atoms with Crippen molar-refractivity contribution in [3.05, 3.63) is 93.5 Å². The molecule has 0 atom stereocenters. The van der Waals surface area contributed by atoms with Crippen molar-refractivity contribution in [1.82, 2.24) is 4.68 Å². The minimum atomic E-state index is -0.930. The van der Waals surface area contributed by atoms with E-state index < -0.39 is 17.7 Å².